The van der Waals surface area contributed by atoms with Gasteiger partial charge in [-0.3, -0.25) is 4.79 Å². The number of nitrogens with zero attached hydrogens (tertiary/aromatic N) is 1. The molecule has 1 saturated heterocycles. The highest BCUT2D eigenvalue weighted by Gasteiger charge is 2.26. The van der Waals surface area contributed by atoms with Crippen LogP contribution >= 0.6 is 0 Å². The average Bonchev–Trinajstić information content (AvgIpc) is 2.76. The van der Waals surface area contributed by atoms with Gasteiger partial charge in [-0.05, 0) is 18.1 Å². The molecule has 2 rings (SSSR count). The van der Waals surface area contributed by atoms with Crippen LogP contribution in [0.3, 0.4) is 0 Å². The third-order valence-corrected chi connectivity index (χ3v) is 3.00. The predicted octanol–water partition coefficient (Wildman–Crippen LogP) is 1.04. The summed E-state index contributed by atoms with van der Waals surface area (Å²) in [5.74, 6) is -0.0193. The minimum atomic E-state index is -0.381. The van der Waals surface area contributed by atoms with Gasteiger partial charge in [0.1, 0.15) is 0 Å². The summed E-state index contributed by atoms with van der Waals surface area (Å²) in [4.78, 5) is 13.9. The van der Waals surface area contributed by atoms with Crippen molar-refractivity contribution in [3.8, 4) is 0 Å². The summed E-state index contributed by atoms with van der Waals surface area (Å²) < 4.78 is 5.08. The number of benzene rings is 1. The van der Waals surface area contributed by atoms with Crippen molar-refractivity contribution in [2.45, 2.75) is 19.1 Å². The number of methoxy groups -OCH3 is 1. The van der Waals surface area contributed by atoms with Crippen molar-refractivity contribution in [2.75, 3.05) is 20.2 Å². The smallest absolute Gasteiger partial charge is 0.254 e. The van der Waals surface area contributed by atoms with Gasteiger partial charge in [0, 0.05) is 25.8 Å². The van der Waals surface area contributed by atoms with E-state index in [1.54, 1.807) is 18.1 Å². The molecule has 0 saturated carbocycles. The van der Waals surface area contributed by atoms with Crippen LogP contribution in [0.15, 0.2) is 24.3 Å². The van der Waals surface area contributed by atoms with Crippen molar-refractivity contribution < 1.29 is 14.6 Å². The van der Waals surface area contributed by atoms with Crippen LogP contribution < -0.4 is 0 Å². The van der Waals surface area contributed by atoms with Crippen LogP contribution in [-0.2, 0) is 11.3 Å². The van der Waals surface area contributed by atoms with E-state index < -0.39 is 0 Å². The molecule has 17 heavy (non-hydrogen) atoms. The van der Waals surface area contributed by atoms with E-state index >= 15 is 0 Å². The first kappa shape index (κ1) is 12.1. The van der Waals surface area contributed by atoms with Gasteiger partial charge >= 0.3 is 0 Å². The number of carbonyl (C=O) groups is 1. The lowest BCUT2D eigenvalue weighted by Gasteiger charge is -2.17. The second kappa shape index (κ2) is 5.29. The molecule has 0 spiro atoms. The normalized spacial score (nSPS) is 19.6. The quantitative estimate of drug-likeness (QED) is 0.851. The molecule has 1 aromatic carbocycles. The molecule has 92 valence electrons. The first-order valence-electron chi connectivity index (χ1n) is 5.76. The summed E-state index contributed by atoms with van der Waals surface area (Å²) in [6.45, 7) is 1.49. The molecule has 1 atom stereocenters. The molecule has 1 amide bonds. The summed E-state index contributed by atoms with van der Waals surface area (Å²) in [6.07, 6.45) is 0.284. The lowest BCUT2D eigenvalue weighted by molar-refractivity contribution is 0.0760. The number of β-amino-alcohol motifs (C(OH)–C–C–N with tert-alkyl or cyclic N) is 1. The van der Waals surface area contributed by atoms with Crippen molar-refractivity contribution in [3.63, 3.8) is 0 Å². The molecule has 0 aliphatic carbocycles. The fourth-order valence-electron chi connectivity index (χ4n) is 2.11. The molecule has 0 aromatic heterocycles. The Hall–Kier alpha value is -1.39. The lowest BCUT2D eigenvalue weighted by atomic mass is 10.1. The van der Waals surface area contributed by atoms with Crippen LogP contribution in [0, 0.1) is 0 Å². The Morgan fingerprint density at radius 2 is 2.29 bits per heavy atom. The van der Waals surface area contributed by atoms with E-state index in [1.807, 2.05) is 18.2 Å². The summed E-state index contributed by atoms with van der Waals surface area (Å²) in [6, 6.07) is 7.44. The van der Waals surface area contributed by atoms with Gasteiger partial charge < -0.3 is 14.7 Å². The number of hydrogen-bond donors (Lipinski definition) is 1. The number of ether oxygens (including phenoxy) is 1. The van der Waals surface area contributed by atoms with Crippen molar-refractivity contribution >= 4 is 5.91 Å². The highest BCUT2D eigenvalue weighted by Crippen LogP contribution is 2.17. The van der Waals surface area contributed by atoms with Gasteiger partial charge in [-0.2, -0.15) is 0 Å². The van der Waals surface area contributed by atoms with E-state index in [1.165, 1.54) is 0 Å². The Bertz CT molecular complexity index is 405. The van der Waals surface area contributed by atoms with Crippen molar-refractivity contribution in [1.82, 2.24) is 4.90 Å². The fraction of sp³-hybridized carbons (Fsp3) is 0.462. The molecule has 0 bridgehead atoms. The Labute approximate surface area is 101 Å². The van der Waals surface area contributed by atoms with Gasteiger partial charge in [-0.25, -0.2) is 0 Å². The summed E-state index contributed by atoms with van der Waals surface area (Å²) in [5.41, 5.74) is 1.56. The zero-order chi connectivity index (χ0) is 12.3. The molecule has 1 heterocycles. The molecule has 4 heteroatoms. The van der Waals surface area contributed by atoms with Gasteiger partial charge in [0.05, 0.1) is 12.7 Å². The van der Waals surface area contributed by atoms with E-state index in [-0.39, 0.29) is 12.0 Å². The number of rotatable bonds is 3. The Morgan fingerprint density at radius 3 is 2.94 bits per heavy atom. The second-order valence-corrected chi connectivity index (χ2v) is 4.28. The fourth-order valence-corrected chi connectivity index (χ4v) is 2.11. The van der Waals surface area contributed by atoms with Gasteiger partial charge in [0.25, 0.3) is 5.91 Å². The molecule has 1 N–H and O–H groups in total. The first-order chi connectivity index (χ1) is 8.22. The molecule has 1 aliphatic heterocycles. The number of aliphatic hydroxyl groups excluding tert-OH is 1. The standard InChI is InChI=1S/C13H17NO3/c1-17-9-10-4-2-3-5-12(10)13(16)14-7-6-11(15)8-14/h2-5,11,15H,6-9H2,1H3/t11-/m1/s1. The van der Waals surface area contributed by atoms with Gasteiger partial charge in [-0.15, -0.1) is 0 Å². The van der Waals surface area contributed by atoms with Crippen molar-refractivity contribution in [1.29, 1.82) is 0 Å². The van der Waals surface area contributed by atoms with E-state index in [9.17, 15) is 9.90 Å². The number of amides is 1. The van der Waals surface area contributed by atoms with Crippen molar-refractivity contribution in [2.24, 2.45) is 0 Å². The van der Waals surface area contributed by atoms with Crippen LogP contribution in [0.25, 0.3) is 0 Å². The highest BCUT2D eigenvalue weighted by atomic mass is 16.5. The first-order valence-corrected chi connectivity index (χ1v) is 5.76. The number of carbonyl (C=O) groups excluding carboxylic acids is 1. The lowest BCUT2D eigenvalue weighted by Crippen LogP contribution is -2.30. The maximum Gasteiger partial charge on any atom is 0.254 e. The molecule has 1 aliphatic rings. The molecular formula is C13H17NO3. The topological polar surface area (TPSA) is 49.8 Å². The van der Waals surface area contributed by atoms with E-state index in [4.69, 9.17) is 4.74 Å². The minimum absolute atomic E-state index is 0.0193. The summed E-state index contributed by atoms with van der Waals surface area (Å²) in [5, 5.41) is 9.45. The summed E-state index contributed by atoms with van der Waals surface area (Å²) >= 11 is 0. The largest absolute Gasteiger partial charge is 0.391 e. The Morgan fingerprint density at radius 1 is 1.53 bits per heavy atom. The van der Waals surface area contributed by atoms with Gasteiger partial charge in [0.2, 0.25) is 0 Å². The maximum atomic E-state index is 12.2. The van der Waals surface area contributed by atoms with Crippen molar-refractivity contribution in [3.05, 3.63) is 35.4 Å². The Balaban J connectivity index is 2.18. The number of hydrogen-bond acceptors (Lipinski definition) is 3. The van der Waals surface area contributed by atoms with Crippen LogP contribution in [0.4, 0.5) is 0 Å². The second-order valence-electron chi connectivity index (χ2n) is 4.28. The van der Waals surface area contributed by atoms with Gasteiger partial charge in [-0.1, -0.05) is 18.2 Å². The third-order valence-electron chi connectivity index (χ3n) is 3.00. The molecule has 1 aromatic rings. The van der Waals surface area contributed by atoms with Gasteiger partial charge in [0.15, 0.2) is 0 Å². The summed E-state index contributed by atoms with van der Waals surface area (Å²) in [7, 11) is 1.61. The third kappa shape index (κ3) is 2.65. The van der Waals surface area contributed by atoms with Crippen LogP contribution in [-0.4, -0.2) is 42.2 Å². The van der Waals surface area contributed by atoms with E-state index in [2.05, 4.69) is 0 Å². The average molecular weight is 235 g/mol. The molecular weight excluding hydrogens is 218 g/mol. The van der Waals surface area contributed by atoms with E-state index in [0.717, 1.165) is 5.56 Å². The highest BCUT2D eigenvalue weighted by molar-refractivity contribution is 5.95. The maximum absolute atomic E-state index is 12.2. The monoisotopic (exact) mass is 235 g/mol. The molecule has 0 radical (unpaired) electrons. The van der Waals surface area contributed by atoms with Crippen LogP contribution in [0.1, 0.15) is 22.3 Å². The Kier molecular flexibility index (Phi) is 3.76. The molecule has 0 unspecified atom stereocenters. The number of aliphatic hydroxyl groups is 1. The zero-order valence-corrected chi connectivity index (χ0v) is 9.93. The molecule has 1 fully saturated rings. The van der Waals surface area contributed by atoms with Crippen LogP contribution in [0.5, 0.6) is 0 Å². The zero-order valence-electron chi connectivity index (χ0n) is 9.93. The predicted molar refractivity (Wildman–Crippen MR) is 63.7 cm³/mol. The SMILES string of the molecule is COCc1ccccc1C(=O)N1CC[C@@H](O)C1. The minimum Gasteiger partial charge on any atom is -0.391 e. The van der Waals surface area contributed by atoms with Crippen LogP contribution in [0.2, 0.25) is 0 Å². The van der Waals surface area contributed by atoms with E-state index in [0.29, 0.717) is 31.7 Å². The number of likely N-dealkylation sites (tertiary alicyclic amines) is 1. The molecule has 4 nitrogen and oxygen atoms in total.